The third-order valence-electron chi connectivity index (χ3n) is 5.11. The lowest BCUT2D eigenvalue weighted by molar-refractivity contribution is -0.127. The van der Waals surface area contributed by atoms with Gasteiger partial charge >= 0.3 is 0 Å². The molecule has 1 amide bonds. The number of carbonyl (C=O) groups excluding carboxylic acids is 1. The molecule has 24 heavy (non-hydrogen) atoms. The highest BCUT2D eigenvalue weighted by atomic mass is 16.5. The van der Waals surface area contributed by atoms with Crippen LogP contribution in [0.4, 0.5) is 0 Å². The molecule has 3 rings (SSSR count). The number of hydrogen-bond acceptors (Lipinski definition) is 4. The Bertz CT molecular complexity index is 635. The van der Waals surface area contributed by atoms with Crippen LogP contribution in [0.5, 0.6) is 0 Å². The molecule has 0 aliphatic carbocycles. The van der Waals surface area contributed by atoms with Crippen LogP contribution >= 0.6 is 0 Å². The van der Waals surface area contributed by atoms with Crippen molar-refractivity contribution in [1.29, 1.82) is 0 Å². The van der Waals surface area contributed by atoms with Gasteiger partial charge in [-0.2, -0.15) is 5.10 Å². The van der Waals surface area contributed by atoms with Gasteiger partial charge < -0.3 is 20.3 Å². The Balaban J connectivity index is 1.75. The summed E-state index contributed by atoms with van der Waals surface area (Å²) in [5.41, 5.74) is 8.29. The minimum absolute atomic E-state index is 0.00689. The van der Waals surface area contributed by atoms with Crippen LogP contribution < -0.4 is 5.73 Å². The van der Waals surface area contributed by atoms with E-state index in [-0.39, 0.29) is 17.9 Å². The Kier molecular flexibility index (Phi) is 4.75. The monoisotopic (exact) mass is 334 g/mol. The molecule has 2 fully saturated rings. The maximum Gasteiger partial charge on any atom is 0.223 e. The standard InChI is InChI=1S/C16H26N6O2/c1-11-13(10-19-21(11)3)15-12(8-14(23)20(15)2)9-18-16(17)22-4-6-24-7-5-22/h10,12,15H,4-9H2,1-3H3,(H2,17,18)/t12-,15+/m0/s1. The van der Waals surface area contributed by atoms with Gasteiger partial charge in [0.1, 0.15) is 0 Å². The molecule has 1 aromatic rings. The highest BCUT2D eigenvalue weighted by Crippen LogP contribution is 2.38. The highest BCUT2D eigenvalue weighted by molar-refractivity contribution is 5.80. The van der Waals surface area contributed by atoms with Crippen molar-refractivity contribution >= 4 is 11.9 Å². The maximum absolute atomic E-state index is 12.2. The zero-order chi connectivity index (χ0) is 17.3. The molecule has 8 heteroatoms. The number of aliphatic imine (C=N–C) groups is 1. The normalized spacial score (nSPS) is 25.6. The van der Waals surface area contributed by atoms with Crippen molar-refractivity contribution in [3.8, 4) is 0 Å². The molecule has 0 aromatic carbocycles. The van der Waals surface area contributed by atoms with Crippen LogP contribution in [0, 0.1) is 12.8 Å². The van der Waals surface area contributed by atoms with E-state index in [0.29, 0.717) is 32.1 Å². The zero-order valence-corrected chi connectivity index (χ0v) is 14.6. The van der Waals surface area contributed by atoms with Crippen LogP contribution in [0.2, 0.25) is 0 Å². The van der Waals surface area contributed by atoms with E-state index in [4.69, 9.17) is 10.5 Å². The molecular weight excluding hydrogens is 308 g/mol. The molecule has 2 aliphatic heterocycles. The van der Waals surface area contributed by atoms with Crippen molar-refractivity contribution in [2.24, 2.45) is 23.7 Å². The number of nitrogens with two attached hydrogens (primary N) is 1. The van der Waals surface area contributed by atoms with Crippen LogP contribution in [0.1, 0.15) is 23.7 Å². The second-order valence-electron chi connectivity index (χ2n) is 6.52. The number of guanidine groups is 1. The SMILES string of the molecule is Cc1c([C@H]2[C@H](CN=C(N)N3CCOCC3)CC(=O)N2C)cnn1C. The van der Waals surface area contributed by atoms with Crippen LogP contribution in [0.25, 0.3) is 0 Å². The van der Waals surface area contributed by atoms with E-state index in [1.807, 2.05) is 41.7 Å². The molecule has 2 saturated heterocycles. The third-order valence-corrected chi connectivity index (χ3v) is 5.11. The van der Waals surface area contributed by atoms with Gasteiger partial charge in [-0.05, 0) is 6.92 Å². The Labute approximate surface area is 142 Å². The molecule has 0 saturated carbocycles. The van der Waals surface area contributed by atoms with Crippen LogP contribution in [-0.2, 0) is 16.6 Å². The van der Waals surface area contributed by atoms with Gasteiger partial charge in [-0.3, -0.25) is 14.5 Å². The summed E-state index contributed by atoms with van der Waals surface area (Å²) < 4.78 is 7.18. The molecule has 0 spiro atoms. The smallest absolute Gasteiger partial charge is 0.223 e. The molecule has 2 atom stereocenters. The molecule has 0 unspecified atom stereocenters. The van der Waals surface area contributed by atoms with Crippen LogP contribution in [0.15, 0.2) is 11.2 Å². The number of aromatic nitrogens is 2. The van der Waals surface area contributed by atoms with Crippen molar-refractivity contribution < 1.29 is 9.53 Å². The number of morpholine rings is 1. The van der Waals surface area contributed by atoms with Crippen molar-refractivity contribution in [3.05, 3.63) is 17.5 Å². The Morgan fingerprint density at radius 1 is 1.42 bits per heavy atom. The highest BCUT2D eigenvalue weighted by Gasteiger charge is 2.39. The first kappa shape index (κ1) is 16.8. The minimum atomic E-state index is 0.00689. The van der Waals surface area contributed by atoms with Crippen molar-refractivity contribution in [3.63, 3.8) is 0 Å². The zero-order valence-electron chi connectivity index (χ0n) is 14.6. The Morgan fingerprint density at radius 2 is 2.12 bits per heavy atom. The van der Waals surface area contributed by atoms with Gasteiger partial charge in [-0.25, -0.2) is 0 Å². The Hall–Kier alpha value is -2.09. The second kappa shape index (κ2) is 6.80. The van der Waals surface area contributed by atoms with Crippen LogP contribution in [-0.4, -0.2) is 71.3 Å². The summed E-state index contributed by atoms with van der Waals surface area (Å²) in [4.78, 5) is 20.6. The van der Waals surface area contributed by atoms with E-state index < -0.39 is 0 Å². The molecule has 3 heterocycles. The van der Waals surface area contributed by atoms with E-state index in [2.05, 4.69) is 10.1 Å². The van der Waals surface area contributed by atoms with E-state index in [0.717, 1.165) is 24.3 Å². The van der Waals surface area contributed by atoms with E-state index >= 15 is 0 Å². The fourth-order valence-corrected chi connectivity index (χ4v) is 3.49. The van der Waals surface area contributed by atoms with Crippen LogP contribution in [0.3, 0.4) is 0 Å². The number of amides is 1. The Morgan fingerprint density at radius 3 is 2.75 bits per heavy atom. The topological polar surface area (TPSA) is 89.0 Å². The average molecular weight is 334 g/mol. The van der Waals surface area contributed by atoms with E-state index in [9.17, 15) is 4.79 Å². The molecule has 0 bridgehead atoms. The minimum Gasteiger partial charge on any atom is -0.378 e. The summed E-state index contributed by atoms with van der Waals surface area (Å²) in [6, 6.07) is 0.00689. The lowest BCUT2D eigenvalue weighted by Gasteiger charge is -2.28. The first-order valence-corrected chi connectivity index (χ1v) is 8.35. The number of nitrogens with zero attached hydrogens (tertiary/aromatic N) is 5. The number of ether oxygens (including phenoxy) is 1. The quantitative estimate of drug-likeness (QED) is 0.616. The van der Waals surface area contributed by atoms with Gasteiger partial charge in [-0.1, -0.05) is 0 Å². The molecule has 8 nitrogen and oxygen atoms in total. The fourth-order valence-electron chi connectivity index (χ4n) is 3.49. The van der Waals surface area contributed by atoms with Gasteiger partial charge in [0, 0.05) is 57.3 Å². The first-order chi connectivity index (χ1) is 11.5. The summed E-state index contributed by atoms with van der Waals surface area (Å²) in [5, 5.41) is 4.32. The number of carbonyl (C=O) groups is 1. The second-order valence-corrected chi connectivity index (χ2v) is 6.52. The number of hydrogen-bond donors (Lipinski definition) is 1. The summed E-state index contributed by atoms with van der Waals surface area (Å²) >= 11 is 0. The molecule has 1 aromatic heterocycles. The lowest BCUT2D eigenvalue weighted by Crippen LogP contribution is -2.45. The summed E-state index contributed by atoms with van der Waals surface area (Å²) in [6.45, 7) is 5.46. The molecule has 0 radical (unpaired) electrons. The molecule has 2 aliphatic rings. The van der Waals surface area contributed by atoms with Crippen molar-refractivity contribution in [2.45, 2.75) is 19.4 Å². The average Bonchev–Trinajstić information content (AvgIpc) is 3.06. The van der Waals surface area contributed by atoms with Gasteiger partial charge in [0.2, 0.25) is 5.91 Å². The number of aryl methyl sites for hydroxylation is 1. The predicted octanol–water partition coefficient (Wildman–Crippen LogP) is -0.105. The molecule has 2 N–H and O–H groups in total. The summed E-state index contributed by atoms with van der Waals surface area (Å²) in [7, 11) is 3.77. The summed E-state index contributed by atoms with van der Waals surface area (Å²) in [6.07, 6.45) is 2.35. The number of rotatable bonds is 3. The molecule has 132 valence electrons. The van der Waals surface area contributed by atoms with E-state index in [1.165, 1.54) is 0 Å². The fraction of sp³-hybridized carbons (Fsp3) is 0.688. The predicted molar refractivity (Wildman–Crippen MR) is 90.4 cm³/mol. The van der Waals surface area contributed by atoms with E-state index in [1.54, 1.807) is 0 Å². The summed E-state index contributed by atoms with van der Waals surface area (Å²) in [5.74, 6) is 0.806. The number of likely N-dealkylation sites (tertiary alicyclic amines) is 1. The van der Waals surface area contributed by atoms with Gasteiger partial charge in [0.05, 0.1) is 25.5 Å². The van der Waals surface area contributed by atoms with Crippen molar-refractivity contribution in [2.75, 3.05) is 39.9 Å². The first-order valence-electron chi connectivity index (χ1n) is 8.35. The molecular formula is C16H26N6O2. The lowest BCUT2D eigenvalue weighted by atomic mass is 9.94. The van der Waals surface area contributed by atoms with Gasteiger partial charge in [0.25, 0.3) is 0 Å². The maximum atomic E-state index is 12.2. The van der Waals surface area contributed by atoms with Gasteiger partial charge in [0.15, 0.2) is 5.96 Å². The largest absolute Gasteiger partial charge is 0.378 e. The third kappa shape index (κ3) is 3.10. The van der Waals surface area contributed by atoms with Gasteiger partial charge in [-0.15, -0.1) is 0 Å². The van der Waals surface area contributed by atoms with Crippen molar-refractivity contribution in [1.82, 2.24) is 19.6 Å².